The average Bonchev–Trinajstić information content (AvgIpc) is 2.87. The van der Waals surface area contributed by atoms with E-state index in [1.54, 1.807) is 6.20 Å². The number of rotatable bonds is 7. The van der Waals surface area contributed by atoms with Gasteiger partial charge in [0, 0.05) is 25.7 Å². The molecule has 0 saturated carbocycles. The second kappa shape index (κ2) is 8.83. The van der Waals surface area contributed by atoms with Crippen molar-refractivity contribution < 1.29 is 4.79 Å². The smallest absolute Gasteiger partial charge is 0.220 e. The summed E-state index contributed by atoms with van der Waals surface area (Å²) in [7, 11) is 0. The highest BCUT2D eigenvalue weighted by Gasteiger charge is 2.05. The minimum atomic E-state index is 0.0823. The number of carbonyl (C=O) groups is 1. The first-order chi connectivity index (χ1) is 12.3. The number of amides is 1. The molecule has 0 unspecified atom stereocenters. The molecule has 4 heteroatoms. The molecule has 1 aromatic heterocycles. The Morgan fingerprint density at radius 3 is 2.84 bits per heavy atom. The number of allylic oxidation sites excluding steroid dienone is 1. The molecule has 0 saturated heterocycles. The molecule has 3 rings (SSSR count). The molecule has 2 aromatic rings. The van der Waals surface area contributed by atoms with Crippen LogP contribution in [0.4, 0.5) is 5.82 Å². The SMILES string of the molecule is O=C(CCCNc1ccccn1)NCC1=CCc2ccccc2C=C1. The molecule has 0 aliphatic heterocycles. The molecule has 1 aromatic carbocycles. The van der Waals surface area contributed by atoms with Gasteiger partial charge < -0.3 is 10.6 Å². The van der Waals surface area contributed by atoms with E-state index in [2.05, 4.69) is 58.1 Å². The van der Waals surface area contributed by atoms with Gasteiger partial charge in [-0.15, -0.1) is 0 Å². The fourth-order valence-electron chi connectivity index (χ4n) is 2.74. The number of nitrogens with zero attached hydrogens (tertiary/aromatic N) is 1. The van der Waals surface area contributed by atoms with Crippen LogP contribution < -0.4 is 10.6 Å². The molecule has 0 atom stereocenters. The quantitative estimate of drug-likeness (QED) is 0.762. The number of hydrogen-bond donors (Lipinski definition) is 2. The third-order valence-electron chi connectivity index (χ3n) is 4.16. The molecule has 25 heavy (non-hydrogen) atoms. The Bertz CT molecular complexity index is 766. The van der Waals surface area contributed by atoms with Crippen molar-refractivity contribution >= 4 is 17.8 Å². The highest BCUT2D eigenvalue weighted by molar-refractivity contribution is 5.76. The van der Waals surface area contributed by atoms with Gasteiger partial charge in [-0.2, -0.15) is 0 Å². The van der Waals surface area contributed by atoms with E-state index in [9.17, 15) is 4.79 Å². The van der Waals surface area contributed by atoms with Crippen molar-refractivity contribution in [2.24, 2.45) is 0 Å². The van der Waals surface area contributed by atoms with E-state index in [1.807, 2.05) is 18.2 Å². The third-order valence-corrected chi connectivity index (χ3v) is 4.16. The molecule has 1 heterocycles. The Kier molecular flexibility index (Phi) is 5.99. The normalized spacial score (nSPS) is 12.7. The number of benzene rings is 1. The molecule has 4 nitrogen and oxygen atoms in total. The summed E-state index contributed by atoms with van der Waals surface area (Å²) in [5.74, 6) is 0.926. The van der Waals surface area contributed by atoms with Crippen molar-refractivity contribution in [3.63, 3.8) is 0 Å². The average molecular weight is 333 g/mol. The molecule has 1 amide bonds. The van der Waals surface area contributed by atoms with Crippen molar-refractivity contribution in [1.29, 1.82) is 0 Å². The summed E-state index contributed by atoms with van der Waals surface area (Å²) < 4.78 is 0. The minimum Gasteiger partial charge on any atom is -0.370 e. The van der Waals surface area contributed by atoms with Crippen LogP contribution in [0.2, 0.25) is 0 Å². The Morgan fingerprint density at radius 1 is 1.08 bits per heavy atom. The van der Waals surface area contributed by atoms with Crippen LogP contribution in [0.25, 0.3) is 6.08 Å². The van der Waals surface area contributed by atoms with E-state index in [0.29, 0.717) is 13.0 Å². The summed E-state index contributed by atoms with van der Waals surface area (Å²) in [6, 6.07) is 14.1. The zero-order chi connectivity index (χ0) is 17.3. The summed E-state index contributed by atoms with van der Waals surface area (Å²) in [6.45, 7) is 1.32. The van der Waals surface area contributed by atoms with Crippen LogP contribution in [-0.4, -0.2) is 24.0 Å². The first kappa shape index (κ1) is 17.0. The van der Waals surface area contributed by atoms with Crippen LogP contribution in [0.15, 0.2) is 66.4 Å². The van der Waals surface area contributed by atoms with E-state index in [4.69, 9.17) is 0 Å². The molecule has 128 valence electrons. The van der Waals surface area contributed by atoms with Crippen molar-refractivity contribution in [2.45, 2.75) is 19.3 Å². The monoisotopic (exact) mass is 333 g/mol. The lowest BCUT2D eigenvalue weighted by atomic mass is 10.1. The highest BCUT2D eigenvalue weighted by Crippen LogP contribution is 2.17. The second-order valence-corrected chi connectivity index (χ2v) is 6.04. The maximum atomic E-state index is 12.0. The molecule has 2 N–H and O–H groups in total. The van der Waals surface area contributed by atoms with Crippen LogP contribution in [0.3, 0.4) is 0 Å². The fraction of sp³-hybridized carbons (Fsp3) is 0.238. The Morgan fingerprint density at radius 2 is 1.96 bits per heavy atom. The van der Waals surface area contributed by atoms with Gasteiger partial charge in [-0.1, -0.05) is 48.6 Å². The predicted molar refractivity (Wildman–Crippen MR) is 102 cm³/mol. The summed E-state index contributed by atoms with van der Waals surface area (Å²) in [5.41, 5.74) is 3.72. The van der Waals surface area contributed by atoms with Crippen molar-refractivity contribution in [3.05, 3.63) is 77.5 Å². The molecule has 0 radical (unpaired) electrons. The lowest BCUT2D eigenvalue weighted by molar-refractivity contribution is -0.120. The summed E-state index contributed by atoms with van der Waals surface area (Å²) in [6.07, 6.45) is 10.3. The van der Waals surface area contributed by atoms with E-state index >= 15 is 0 Å². The zero-order valence-corrected chi connectivity index (χ0v) is 14.2. The zero-order valence-electron chi connectivity index (χ0n) is 14.2. The number of fused-ring (bicyclic) bond motifs is 1. The lowest BCUT2D eigenvalue weighted by Gasteiger charge is -2.07. The van der Waals surface area contributed by atoms with Crippen LogP contribution >= 0.6 is 0 Å². The Balaban J connectivity index is 1.37. The lowest BCUT2D eigenvalue weighted by Crippen LogP contribution is -2.25. The van der Waals surface area contributed by atoms with E-state index in [1.165, 1.54) is 11.1 Å². The summed E-state index contributed by atoms with van der Waals surface area (Å²) >= 11 is 0. The molecule has 1 aliphatic carbocycles. The first-order valence-electron chi connectivity index (χ1n) is 8.68. The Hall–Kier alpha value is -2.88. The minimum absolute atomic E-state index is 0.0823. The van der Waals surface area contributed by atoms with E-state index in [-0.39, 0.29) is 5.91 Å². The summed E-state index contributed by atoms with van der Waals surface area (Å²) in [4.78, 5) is 16.2. The molecule has 0 fully saturated rings. The van der Waals surface area contributed by atoms with Gasteiger partial charge >= 0.3 is 0 Å². The van der Waals surface area contributed by atoms with Crippen LogP contribution in [0.1, 0.15) is 24.0 Å². The maximum Gasteiger partial charge on any atom is 0.220 e. The number of carbonyl (C=O) groups excluding carboxylic acids is 1. The van der Waals surface area contributed by atoms with Crippen LogP contribution in [0, 0.1) is 0 Å². The second-order valence-electron chi connectivity index (χ2n) is 6.04. The number of hydrogen-bond acceptors (Lipinski definition) is 3. The van der Waals surface area contributed by atoms with Gasteiger partial charge in [-0.05, 0) is 41.7 Å². The van der Waals surface area contributed by atoms with Gasteiger partial charge in [0.15, 0.2) is 0 Å². The van der Waals surface area contributed by atoms with Crippen molar-refractivity contribution in [1.82, 2.24) is 10.3 Å². The van der Waals surface area contributed by atoms with Gasteiger partial charge in [0.2, 0.25) is 5.91 Å². The molecular formula is C21H23N3O. The van der Waals surface area contributed by atoms with Crippen LogP contribution in [-0.2, 0) is 11.2 Å². The van der Waals surface area contributed by atoms with E-state index in [0.717, 1.165) is 30.8 Å². The topological polar surface area (TPSA) is 54.0 Å². The van der Waals surface area contributed by atoms with E-state index < -0.39 is 0 Å². The number of pyridine rings is 1. The van der Waals surface area contributed by atoms with Gasteiger partial charge in [0.05, 0.1) is 0 Å². The van der Waals surface area contributed by atoms with Crippen molar-refractivity contribution in [3.8, 4) is 0 Å². The number of nitrogens with one attached hydrogen (secondary N) is 2. The van der Waals surface area contributed by atoms with Crippen LogP contribution in [0.5, 0.6) is 0 Å². The van der Waals surface area contributed by atoms with Crippen molar-refractivity contribution in [2.75, 3.05) is 18.4 Å². The number of anilines is 1. The van der Waals surface area contributed by atoms with Gasteiger partial charge in [0.1, 0.15) is 5.82 Å². The van der Waals surface area contributed by atoms with Gasteiger partial charge in [-0.25, -0.2) is 4.98 Å². The molecule has 0 bridgehead atoms. The largest absolute Gasteiger partial charge is 0.370 e. The first-order valence-corrected chi connectivity index (χ1v) is 8.68. The molecule has 0 spiro atoms. The predicted octanol–water partition coefficient (Wildman–Crippen LogP) is 3.59. The summed E-state index contributed by atoms with van der Waals surface area (Å²) in [5, 5.41) is 6.21. The fourth-order valence-corrected chi connectivity index (χ4v) is 2.74. The highest BCUT2D eigenvalue weighted by atomic mass is 16.1. The van der Waals surface area contributed by atoms with Gasteiger partial charge in [0.25, 0.3) is 0 Å². The maximum absolute atomic E-state index is 12.0. The standard InChI is InChI=1S/C21H23N3O/c25-21(9-5-15-23-20-8-3-4-14-22-20)24-16-17-10-12-18-6-1-2-7-19(18)13-11-17/h1-4,6-8,10-12,14H,5,9,13,15-16H2,(H,22,23)(H,24,25). The third kappa shape index (κ3) is 5.31. The molecular weight excluding hydrogens is 310 g/mol. The van der Waals surface area contributed by atoms with Gasteiger partial charge in [-0.3, -0.25) is 4.79 Å². The number of aromatic nitrogens is 1. The molecule has 1 aliphatic rings. The Labute approximate surface area is 148 Å².